The third-order valence-corrected chi connectivity index (χ3v) is 8.50. The molecule has 2 atom stereocenters. The molecule has 0 N–H and O–H groups in total. The maximum atomic E-state index is 13.3. The van der Waals surface area contributed by atoms with Crippen molar-refractivity contribution in [3.63, 3.8) is 0 Å². The van der Waals surface area contributed by atoms with Gasteiger partial charge in [0.2, 0.25) is 5.91 Å². The van der Waals surface area contributed by atoms with Crippen LogP contribution in [-0.4, -0.2) is 67.4 Å². The van der Waals surface area contributed by atoms with Gasteiger partial charge in [0.05, 0.1) is 18.1 Å². The summed E-state index contributed by atoms with van der Waals surface area (Å²) in [6.45, 7) is 7.72. The van der Waals surface area contributed by atoms with Crippen molar-refractivity contribution in [2.45, 2.75) is 44.2 Å². The maximum absolute atomic E-state index is 13.3. The number of nitrogens with zero attached hydrogens (tertiary/aromatic N) is 2. The highest BCUT2D eigenvalue weighted by Crippen LogP contribution is 2.36. The van der Waals surface area contributed by atoms with Crippen molar-refractivity contribution in [1.82, 2.24) is 9.80 Å². The van der Waals surface area contributed by atoms with Gasteiger partial charge in [0.1, 0.15) is 11.4 Å². The topological polar surface area (TPSA) is 66.9 Å². The van der Waals surface area contributed by atoms with Crippen molar-refractivity contribution < 1.29 is 17.9 Å². The number of carbonyl (C=O) groups excluding carboxylic acids is 1. The van der Waals surface area contributed by atoms with Crippen LogP contribution in [0.5, 0.6) is 5.75 Å². The van der Waals surface area contributed by atoms with Gasteiger partial charge in [-0.25, -0.2) is 8.42 Å². The van der Waals surface area contributed by atoms with E-state index in [1.54, 1.807) is 0 Å². The van der Waals surface area contributed by atoms with Crippen LogP contribution in [0.3, 0.4) is 0 Å². The Kier molecular flexibility index (Phi) is 6.21. The number of ether oxygens (including phenoxy) is 1. The van der Waals surface area contributed by atoms with E-state index in [0.29, 0.717) is 25.9 Å². The van der Waals surface area contributed by atoms with Gasteiger partial charge in [0, 0.05) is 38.0 Å². The molecule has 0 saturated carbocycles. The Labute approximate surface area is 179 Å². The van der Waals surface area contributed by atoms with E-state index >= 15 is 0 Å². The summed E-state index contributed by atoms with van der Waals surface area (Å²) in [6, 6.07) is 7.98. The zero-order valence-corrected chi connectivity index (χ0v) is 18.4. The van der Waals surface area contributed by atoms with Crippen LogP contribution in [0.15, 0.2) is 36.9 Å². The summed E-state index contributed by atoms with van der Waals surface area (Å²) < 4.78 is 30.3. The van der Waals surface area contributed by atoms with Crippen LogP contribution in [-0.2, 0) is 21.2 Å². The maximum Gasteiger partial charge on any atom is 0.223 e. The average molecular weight is 433 g/mol. The number of fused-ring (bicyclic) bond motifs is 1. The number of benzene rings is 1. The van der Waals surface area contributed by atoms with Gasteiger partial charge in [-0.3, -0.25) is 9.69 Å². The van der Waals surface area contributed by atoms with E-state index in [4.69, 9.17) is 4.74 Å². The predicted molar refractivity (Wildman–Crippen MR) is 117 cm³/mol. The number of hydrogen-bond acceptors (Lipinski definition) is 5. The zero-order chi connectivity index (χ0) is 21.2. The molecular weight excluding hydrogens is 400 g/mol. The van der Waals surface area contributed by atoms with Gasteiger partial charge in [0.25, 0.3) is 0 Å². The van der Waals surface area contributed by atoms with E-state index in [1.165, 1.54) is 0 Å². The van der Waals surface area contributed by atoms with E-state index in [1.807, 2.05) is 35.2 Å². The lowest BCUT2D eigenvalue weighted by Gasteiger charge is -2.36. The molecule has 2 fully saturated rings. The Balaban J connectivity index is 1.55. The number of hydrogen-bond donors (Lipinski definition) is 0. The summed E-state index contributed by atoms with van der Waals surface area (Å²) in [5, 5.41) is 0. The van der Waals surface area contributed by atoms with Crippen molar-refractivity contribution in [1.29, 1.82) is 0 Å². The number of rotatable bonds is 4. The molecule has 0 unspecified atom stereocenters. The van der Waals surface area contributed by atoms with Crippen LogP contribution in [0, 0.1) is 5.92 Å². The van der Waals surface area contributed by atoms with Gasteiger partial charge in [-0.1, -0.05) is 24.3 Å². The second kappa shape index (κ2) is 8.71. The predicted octanol–water partition coefficient (Wildman–Crippen LogP) is 2.64. The Morgan fingerprint density at radius 3 is 2.87 bits per heavy atom. The number of likely N-dealkylation sites (tertiary alicyclic amines) is 1. The lowest BCUT2D eigenvalue weighted by Crippen LogP contribution is -2.48. The van der Waals surface area contributed by atoms with E-state index in [0.717, 1.165) is 50.2 Å². The largest absolute Gasteiger partial charge is 0.485 e. The van der Waals surface area contributed by atoms with Gasteiger partial charge < -0.3 is 9.64 Å². The molecule has 7 heteroatoms. The average Bonchev–Trinajstić information content (AvgIpc) is 2.86. The van der Waals surface area contributed by atoms with E-state index < -0.39 is 15.4 Å². The fraction of sp³-hybridized carbons (Fsp3) is 0.609. The Hall–Kier alpha value is -1.86. The standard InChI is InChI=1S/C23H32N2O4S/c1-2-11-24-12-5-9-23(10-13-24)18-25(16-20-6-3-4-7-21(20)29-23)22(26)15-19-8-14-30(27,28)17-19/h2-4,6-7,19H,1,5,8-18H2/t19-,23-/m1/s1. The fourth-order valence-electron chi connectivity index (χ4n) is 5.04. The molecule has 6 nitrogen and oxygen atoms in total. The molecule has 2 saturated heterocycles. The summed E-state index contributed by atoms with van der Waals surface area (Å²) in [7, 11) is -2.98. The summed E-state index contributed by atoms with van der Waals surface area (Å²) in [6.07, 6.45) is 5.61. The molecule has 3 aliphatic rings. The summed E-state index contributed by atoms with van der Waals surface area (Å²) in [5.74, 6) is 1.20. The first-order chi connectivity index (χ1) is 14.4. The highest BCUT2D eigenvalue weighted by molar-refractivity contribution is 7.91. The SMILES string of the molecule is C=CCN1CCC[C@@]2(CC1)CN(C(=O)C[C@H]1CCS(=O)(=O)C1)Cc1ccccc1O2. The van der Waals surface area contributed by atoms with Gasteiger partial charge in [-0.2, -0.15) is 0 Å². The summed E-state index contributed by atoms with van der Waals surface area (Å²) >= 11 is 0. The molecule has 0 aromatic heterocycles. The second-order valence-corrected chi connectivity index (χ2v) is 11.3. The third-order valence-electron chi connectivity index (χ3n) is 6.66. The molecule has 1 aromatic carbocycles. The van der Waals surface area contributed by atoms with Crippen LogP contribution < -0.4 is 4.74 Å². The van der Waals surface area contributed by atoms with Gasteiger partial charge in [-0.05, 0) is 37.8 Å². The van der Waals surface area contributed by atoms with E-state index in [-0.39, 0.29) is 23.3 Å². The number of amides is 1. The third kappa shape index (κ3) is 4.89. The minimum Gasteiger partial charge on any atom is -0.485 e. The van der Waals surface area contributed by atoms with Gasteiger partial charge in [0.15, 0.2) is 9.84 Å². The molecule has 4 rings (SSSR count). The number of para-hydroxylation sites is 1. The molecular formula is C23H32N2O4S. The number of carbonyl (C=O) groups is 1. The minimum atomic E-state index is -2.98. The number of sulfone groups is 1. The quantitative estimate of drug-likeness (QED) is 0.685. The lowest BCUT2D eigenvalue weighted by atomic mass is 9.93. The first-order valence-electron chi connectivity index (χ1n) is 11.0. The van der Waals surface area contributed by atoms with Gasteiger partial charge >= 0.3 is 0 Å². The van der Waals surface area contributed by atoms with E-state index in [9.17, 15) is 13.2 Å². The first kappa shape index (κ1) is 21.4. The van der Waals surface area contributed by atoms with Crippen LogP contribution in [0.2, 0.25) is 0 Å². The van der Waals surface area contributed by atoms with Crippen molar-refractivity contribution in [2.75, 3.05) is 37.7 Å². The summed E-state index contributed by atoms with van der Waals surface area (Å²) in [4.78, 5) is 17.6. The minimum absolute atomic E-state index is 0.0453. The molecule has 1 aromatic rings. The van der Waals surface area contributed by atoms with Crippen LogP contribution in [0.25, 0.3) is 0 Å². The molecule has 30 heavy (non-hydrogen) atoms. The second-order valence-electron chi connectivity index (χ2n) is 9.06. The Morgan fingerprint density at radius 1 is 1.27 bits per heavy atom. The van der Waals surface area contributed by atoms with Crippen molar-refractivity contribution in [2.24, 2.45) is 5.92 Å². The van der Waals surface area contributed by atoms with Crippen molar-refractivity contribution in [3.05, 3.63) is 42.5 Å². The molecule has 0 bridgehead atoms. The van der Waals surface area contributed by atoms with Crippen molar-refractivity contribution >= 4 is 15.7 Å². The molecule has 3 heterocycles. The van der Waals surface area contributed by atoms with Crippen LogP contribution in [0.1, 0.15) is 37.7 Å². The molecule has 1 spiro atoms. The highest BCUT2D eigenvalue weighted by Gasteiger charge is 2.41. The van der Waals surface area contributed by atoms with Crippen molar-refractivity contribution in [3.8, 4) is 5.75 Å². The zero-order valence-electron chi connectivity index (χ0n) is 17.6. The smallest absolute Gasteiger partial charge is 0.223 e. The lowest BCUT2D eigenvalue weighted by molar-refractivity contribution is -0.135. The molecule has 0 aliphatic carbocycles. The molecule has 0 radical (unpaired) electrons. The Bertz CT molecular complexity index is 900. The van der Waals surface area contributed by atoms with E-state index in [2.05, 4.69) is 11.5 Å². The normalized spacial score (nSPS) is 28.9. The molecule has 164 valence electrons. The summed E-state index contributed by atoms with van der Waals surface area (Å²) in [5.41, 5.74) is 0.619. The molecule has 1 amide bonds. The Morgan fingerprint density at radius 2 is 2.10 bits per heavy atom. The molecule has 3 aliphatic heterocycles. The van der Waals surface area contributed by atoms with Crippen LogP contribution >= 0.6 is 0 Å². The first-order valence-corrected chi connectivity index (χ1v) is 12.8. The fourth-order valence-corrected chi connectivity index (χ4v) is 6.91. The highest BCUT2D eigenvalue weighted by atomic mass is 32.2. The van der Waals surface area contributed by atoms with Gasteiger partial charge in [-0.15, -0.1) is 6.58 Å². The van der Waals surface area contributed by atoms with Crippen LogP contribution in [0.4, 0.5) is 0 Å². The monoisotopic (exact) mass is 432 g/mol.